The zero-order chi connectivity index (χ0) is 15.1. The summed E-state index contributed by atoms with van der Waals surface area (Å²) >= 11 is 0. The van der Waals surface area contributed by atoms with Gasteiger partial charge in [-0.1, -0.05) is 13.8 Å². The number of carboxylic acids is 1. The Morgan fingerprint density at radius 2 is 1.84 bits per heavy atom. The number of nitrogens with one attached hydrogen (secondary N) is 1. The molecule has 0 saturated carbocycles. The molecule has 1 atom stereocenters. The van der Waals surface area contributed by atoms with Crippen molar-refractivity contribution in [1.29, 1.82) is 0 Å². The summed E-state index contributed by atoms with van der Waals surface area (Å²) in [5.74, 6) is -0.758. The van der Waals surface area contributed by atoms with Crippen LogP contribution in [0.1, 0.15) is 60.3 Å². The van der Waals surface area contributed by atoms with Crippen molar-refractivity contribution >= 4 is 5.97 Å². The monoisotopic (exact) mass is 272 g/mol. The molecule has 0 rings (SSSR count). The third-order valence-electron chi connectivity index (χ3n) is 3.83. The number of aliphatic carboxylic acids is 1. The molecule has 0 fully saturated rings. The van der Waals surface area contributed by atoms with E-state index < -0.39 is 11.5 Å². The fraction of sp³-hybridized carbons (Fsp3) is 0.933. The third kappa shape index (κ3) is 6.39. The second kappa shape index (κ2) is 8.54. The van der Waals surface area contributed by atoms with Gasteiger partial charge in [0.1, 0.15) is 5.54 Å². The minimum absolute atomic E-state index is 0.179. The molecule has 0 aromatic rings. The SMILES string of the molecule is CCC(CC)N(C)CCCC(C)(NC(C)C)C(=O)O. The van der Waals surface area contributed by atoms with E-state index >= 15 is 0 Å². The molecule has 0 aromatic heterocycles. The molecule has 0 aliphatic carbocycles. The summed E-state index contributed by atoms with van der Waals surface area (Å²) in [5, 5.41) is 12.5. The van der Waals surface area contributed by atoms with Gasteiger partial charge in [-0.15, -0.1) is 0 Å². The van der Waals surface area contributed by atoms with Gasteiger partial charge in [-0.3, -0.25) is 10.1 Å². The average Bonchev–Trinajstić information content (AvgIpc) is 2.29. The molecule has 2 N–H and O–H groups in total. The minimum Gasteiger partial charge on any atom is -0.480 e. The number of hydrogen-bond donors (Lipinski definition) is 2. The molecule has 0 amide bonds. The molecule has 4 heteroatoms. The van der Waals surface area contributed by atoms with Crippen molar-refractivity contribution in [2.45, 2.75) is 77.9 Å². The summed E-state index contributed by atoms with van der Waals surface area (Å²) < 4.78 is 0. The molecule has 0 spiro atoms. The van der Waals surface area contributed by atoms with Crippen molar-refractivity contribution in [3.8, 4) is 0 Å². The highest BCUT2D eigenvalue weighted by Gasteiger charge is 2.32. The maximum absolute atomic E-state index is 11.4. The predicted octanol–water partition coefficient (Wildman–Crippen LogP) is 2.73. The van der Waals surface area contributed by atoms with E-state index in [9.17, 15) is 9.90 Å². The van der Waals surface area contributed by atoms with Gasteiger partial charge in [-0.2, -0.15) is 0 Å². The number of carbonyl (C=O) groups is 1. The summed E-state index contributed by atoms with van der Waals surface area (Å²) in [6.07, 6.45) is 3.85. The fourth-order valence-electron chi connectivity index (χ4n) is 2.65. The van der Waals surface area contributed by atoms with Crippen molar-refractivity contribution in [2.75, 3.05) is 13.6 Å². The van der Waals surface area contributed by atoms with Gasteiger partial charge in [0.15, 0.2) is 0 Å². The first kappa shape index (κ1) is 18.4. The highest BCUT2D eigenvalue weighted by Crippen LogP contribution is 2.16. The molecule has 0 aliphatic heterocycles. The number of rotatable bonds is 10. The topological polar surface area (TPSA) is 52.6 Å². The second-order valence-electron chi connectivity index (χ2n) is 5.99. The van der Waals surface area contributed by atoms with E-state index in [4.69, 9.17) is 0 Å². The average molecular weight is 272 g/mol. The first-order chi connectivity index (χ1) is 8.76. The zero-order valence-corrected chi connectivity index (χ0v) is 13.5. The van der Waals surface area contributed by atoms with E-state index in [0.29, 0.717) is 12.5 Å². The molecule has 0 aromatic carbocycles. The molecule has 0 saturated heterocycles. The summed E-state index contributed by atoms with van der Waals surface area (Å²) in [5.41, 5.74) is -0.817. The van der Waals surface area contributed by atoms with Gasteiger partial charge in [-0.05, 0) is 60.0 Å². The van der Waals surface area contributed by atoms with Gasteiger partial charge in [-0.25, -0.2) is 0 Å². The standard InChI is InChI=1S/C15H32N2O2/c1-7-13(8-2)17(6)11-9-10-15(5,14(18)19)16-12(3)4/h12-13,16H,7-11H2,1-6H3,(H,18,19). The van der Waals surface area contributed by atoms with Crippen LogP contribution >= 0.6 is 0 Å². The van der Waals surface area contributed by atoms with Crippen LogP contribution in [-0.2, 0) is 4.79 Å². The smallest absolute Gasteiger partial charge is 0.323 e. The Labute approximate surface area is 118 Å². The largest absolute Gasteiger partial charge is 0.480 e. The van der Waals surface area contributed by atoms with Crippen LogP contribution in [0.3, 0.4) is 0 Å². The van der Waals surface area contributed by atoms with Crippen LogP contribution in [0.5, 0.6) is 0 Å². The van der Waals surface area contributed by atoms with E-state index in [1.54, 1.807) is 6.92 Å². The highest BCUT2D eigenvalue weighted by molar-refractivity contribution is 5.78. The molecule has 19 heavy (non-hydrogen) atoms. The molecule has 0 aliphatic rings. The minimum atomic E-state index is -0.817. The second-order valence-corrected chi connectivity index (χ2v) is 5.99. The van der Waals surface area contributed by atoms with E-state index in [2.05, 4.69) is 31.1 Å². The maximum atomic E-state index is 11.4. The van der Waals surface area contributed by atoms with Crippen LogP contribution in [0.25, 0.3) is 0 Å². The van der Waals surface area contributed by atoms with Crippen molar-refractivity contribution in [2.24, 2.45) is 0 Å². The molecule has 0 bridgehead atoms. The lowest BCUT2D eigenvalue weighted by Crippen LogP contribution is -2.52. The summed E-state index contributed by atoms with van der Waals surface area (Å²) in [6.45, 7) is 11.1. The maximum Gasteiger partial charge on any atom is 0.323 e. The Bertz CT molecular complexity index is 265. The lowest BCUT2D eigenvalue weighted by molar-refractivity contribution is -0.144. The molecular weight excluding hydrogens is 240 g/mol. The quantitative estimate of drug-likeness (QED) is 0.642. The summed E-state index contributed by atoms with van der Waals surface area (Å²) in [7, 11) is 2.13. The van der Waals surface area contributed by atoms with Gasteiger partial charge < -0.3 is 10.0 Å². The van der Waals surface area contributed by atoms with E-state index in [1.807, 2.05) is 13.8 Å². The Morgan fingerprint density at radius 1 is 1.32 bits per heavy atom. The number of nitrogens with zero attached hydrogens (tertiary/aromatic N) is 1. The normalized spacial score (nSPS) is 15.2. The van der Waals surface area contributed by atoms with Crippen molar-refractivity contribution in [3.63, 3.8) is 0 Å². The summed E-state index contributed by atoms with van der Waals surface area (Å²) in [6, 6.07) is 0.784. The van der Waals surface area contributed by atoms with Crippen LogP contribution in [-0.4, -0.2) is 47.2 Å². The molecule has 4 nitrogen and oxygen atoms in total. The van der Waals surface area contributed by atoms with Crippen molar-refractivity contribution < 1.29 is 9.90 Å². The summed E-state index contributed by atoms with van der Waals surface area (Å²) in [4.78, 5) is 13.7. The van der Waals surface area contributed by atoms with Gasteiger partial charge >= 0.3 is 5.97 Å². The first-order valence-electron chi connectivity index (χ1n) is 7.48. The van der Waals surface area contributed by atoms with Gasteiger partial charge in [0.2, 0.25) is 0 Å². The van der Waals surface area contributed by atoms with Crippen LogP contribution < -0.4 is 5.32 Å². The van der Waals surface area contributed by atoms with Crippen molar-refractivity contribution in [1.82, 2.24) is 10.2 Å². The van der Waals surface area contributed by atoms with Gasteiger partial charge in [0, 0.05) is 12.1 Å². The van der Waals surface area contributed by atoms with Crippen LogP contribution in [0.2, 0.25) is 0 Å². The Hall–Kier alpha value is -0.610. The highest BCUT2D eigenvalue weighted by atomic mass is 16.4. The lowest BCUT2D eigenvalue weighted by Gasteiger charge is -2.31. The van der Waals surface area contributed by atoms with Gasteiger partial charge in [0.05, 0.1) is 0 Å². The van der Waals surface area contributed by atoms with Crippen molar-refractivity contribution in [3.05, 3.63) is 0 Å². The Morgan fingerprint density at radius 3 is 2.21 bits per heavy atom. The first-order valence-corrected chi connectivity index (χ1v) is 7.48. The van der Waals surface area contributed by atoms with E-state index in [1.165, 1.54) is 0 Å². The van der Waals surface area contributed by atoms with Crippen LogP contribution in [0.15, 0.2) is 0 Å². The fourth-order valence-corrected chi connectivity index (χ4v) is 2.65. The molecule has 114 valence electrons. The molecular formula is C15H32N2O2. The predicted molar refractivity (Wildman–Crippen MR) is 80.5 cm³/mol. The van der Waals surface area contributed by atoms with Crippen LogP contribution in [0.4, 0.5) is 0 Å². The van der Waals surface area contributed by atoms with Crippen LogP contribution in [0, 0.1) is 0 Å². The van der Waals surface area contributed by atoms with E-state index in [-0.39, 0.29) is 6.04 Å². The number of carboxylic acid groups (broad SMARTS) is 1. The molecule has 0 heterocycles. The zero-order valence-electron chi connectivity index (χ0n) is 13.5. The third-order valence-corrected chi connectivity index (χ3v) is 3.83. The molecule has 1 unspecified atom stereocenters. The number of hydrogen-bond acceptors (Lipinski definition) is 3. The molecule has 0 radical (unpaired) electrons. The van der Waals surface area contributed by atoms with E-state index in [0.717, 1.165) is 25.8 Å². The Balaban J connectivity index is 4.31. The lowest BCUT2D eigenvalue weighted by atomic mass is 9.94. The Kier molecular flexibility index (Phi) is 8.26. The van der Waals surface area contributed by atoms with Gasteiger partial charge in [0.25, 0.3) is 0 Å².